The summed E-state index contributed by atoms with van der Waals surface area (Å²) in [6.07, 6.45) is 1.52. The third kappa shape index (κ3) is 16.9. The molecule has 30 heavy (non-hydrogen) atoms. The van der Waals surface area contributed by atoms with Crippen LogP contribution in [0.1, 0.15) is 20.3 Å². The summed E-state index contributed by atoms with van der Waals surface area (Å²) in [6, 6.07) is 0. The van der Waals surface area contributed by atoms with E-state index < -0.39 is 36.1 Å². The Hall–Kier alpha value is -3.24. The van der Waals surface area contributed by atoms with Crippen LogP contribution in [0, 0.1) is 0 Å². The van der Waals surface area contributed by atoms with E-state index in [0.717, 1.165) is 12.2 Å². The van der Waals surface area contributed by atoms with E-state index in [9.17, 15) is 29.4 Å². The van der Waals surface area contributed by atoms with E-state index in [4.69, 9.17) is 5.11 Å². The molecule has 0 spiro atoms. The number of hydrogen-bond acceptors (Lipinski definition) is 9. The molecule has 0 rings (SSSR count). The predicted octanol–water partition coefficient (Wildman–Crippen LogP) is 0.693. The molecule has 2 unspecified atom stereocenters. The number of aliphatic hydroxyl groups excluding tert-OH is 2. The highest BCUT2D eigenvalue weighted by molar-refractivity contribution is 5.87. The molecule has 2 atom stereocenters. The number of rotatable bonds is 12. The molecule has 0 saturated heterocycles. The number of carboxylic acid groups (broad SMARTS) is 1. The number of aliphatic carboxylic acids is 1. The van der Waals surface area contributed by atoms with E-state index >= 15 is 0 Å². The predicted molar refractivity (Wildman–Crippen MR) is 106 cm³/mol. The first kappa shape index (κ1) is 29.0. The quantitative estimate of drug-likeness (QED) is 0.229. The van der Waals surface area contributed by atoms with Crippen molar-refractivity contribution < 1.29 is 48.7 Å². The highest BCUT2D eigenvalue weighted by Crippen LogP contribution is 2.00. The standard InChI is InChI=1S/2C10H14O5/c1-4-9(12)14-5-8(11)6-15-10(13)7(2)3;1-3-9(12)15-6-8(11)5-4-7(2)10(13)14/h4,8,11H,1-2,5-6H2,3H3;3-4,8,11H,1,5-6H2,2H3,(H,13,14). The molecule has 0 aromatic heterocycles. The van der Waals surface area contributed by atoms with Crippen LogP contribution in [-0.4, -0.2) is 71.2 Å². The Morgan fingerprint density at radius 1 is 0.867 bits per heavy atom. The normalized spacial score (nSPS) is 12.2. The van der Waals surface area contributed by atoms with Crippen LogP contribution < -0.4 is 0 Å². The molecule has 10 heteroatoms. The zero-order valence-corrected chi connectivity index (χ0v) is 17.0. The Balaban J connectivity index is 0. The molecule has 0 saturated carbocycles. The zero-order chi connectivity index (χ0) is 23.7. The summed E-state index contributed by atoms with van der Waals surface area (Å²) in [5.74, 6) is -2.89. The van der Waals surface area contributed by atoms with E-state index in [1.165, 1.54) is 19.9 Å². The molecule has 0 bridgehead atoms. The SMILES string of the molecule is C=CC(=O)OCC(O)CC=C(C)C(=O)O.C=CC(=O)OCC(O)COC(=O)C(=C)C. The lowest BCUT2D eigenvalue weighted by Gasteiger charge is -2.10. The van der Waals surface area contributed by atoms with Gasteiger partial charge in [0.25, 0.3) is 0 Å². The Kier molecular flexibility index (Phi) is 16.1. The molecule has 10 nitrogen and oxygen atoms in total. The number of carbonyl (C=O) groups is 4. The lowest BCUT2D eigenvalue weighted by Crippen LogP contribution is -2.25. The Morgan fingerprint density at radius 2 is 1.30 bits per heavy atom. The van der Waals surface area contributed by atoms with E-state index in [1.54, 1.807) is 0 Å². The van der Waals surface area contributed by atoms with Crippen LogP contribution in [-0.2, 0) is 33.4 Å². The van der Waals surface area contributed by atoms with Gasteiger partial charge in [0.1, 0.15) is 25.9 Å². The van der Waals surface area contributed by atoms with E-state index in [-0.39, 0.29) is 37.4 Å². The molecule has 0 aliphatic heterocycles. The molecule has 0 aromatic rings. The molecule has 3 N–H and O–H groups in total. The Morgan fingerprint density at radius 3 is 1.70 bits per heavy atom. The van der Waals surface area contributed by atoms with Gasteiger partial charge in [0.2, 0.25) is 0 Å². The molecule has 0 heterocycles. The van der Waals surface area contributed by atoms with Gasteiger partial charge in [-0.1, -0.05) is 25.8 Å². The van der Waals surface area contributed by atoms with Crippen LogP contribution in [0.4, 0.5) is 0 Å². The monoisotopic (exact) mass is 428 g/mol. The van der Waals surface area contributed by atoms with Gasteiger partial charge in [-0.05, 0) is 20.3 Å². The number of hydrogen-bond donors (Lipinski definition) is 3. The summed E-state index contributed by atoms with van der Waals surface area (Å²) >= 11 is 0. The van der Waals surface area contributed by atoms with E-state index in [2.05, 4.69) is 33.9 Å². The van der Waals surface area contributed by atoms with E-state index in [1.807, 2.05) is 0 Å². The van der Waals surface area contributed by atoms with Gasteiger partial charge in [-0.15, -0.1) is 0 Å². The summed E-state index contributed by atoms with van der Waals surface area (Å²) in [5, 5.41) is 27.0. The molecule has 0 radical (unpaired) electrons. The third-order valence-electron chi connectivity index (χ3n) is 2.96. The highest BCUT2D eigenvalue weighted by Gasteiger charge is 2.11. The molecule has 168 valence electrons. The minimum Gasteiger partial charge on any atom is -0.478 e. The summed E-state index contributed by atoms with van der Waals surface area (Å²) < 4.78 is 13.7. The topological polar surface area (TPSA) is 157 Å². The van der Waals surface area contributed by atoms with Gasteiger partial charge >= 0.3 is 23.9 Å². The maximum atomic E-state index is 10.9. The molecule has 0 aliphatic carbocycles. The van der Waals surface area contributed by atoms with Crippen molar-refractivity contribution in [3.8, 4) is 0 Å². The summed E-state index contributed by atoms with van der Waals surface area (Å²) in [6.45, 7) is 12.0. The van der Waals surface area contributed by atoms with Gasteiger partial charge in [0, 0.05) is 23.3 Å². The maximum Gasteiger partial charge on any atom is 0.333 e. The van der Waals surface area contributed by atoms with Gasteiger partial charge in [-0.2, -0.15) is 0 Å². The van der Waals surface area contributed by atoms with Crippen molar-refractivity contribution in [2.24, 2.45) is 0 Å². The fraction of sp³-hybridized carbons (Fsp3) is 0.400. The molecule has 0 fully saturated rings. The number of carboxylic acids is 1. The minimum absolute atomic E-state index is 0.128. The third-order valence-corrected chi connectivity index (χ3v) is 2.96. The average Bonchev–Trinajstić information content (AvgIpc) is 2.72. The van der Waals surface area contributed by atoms with Crippen molar-refractivity contribution in [3.63, 3.8) is 0 Å². The second-order valence-corrected chi connectivity index (χ2v) is 5.78. The van der Waals surface area contributed by atoms with Crippen LogP contribution in [0.2, 0.25) is 0 Å². The molecule has 0 amide bonds. The number of esters is 3. The number of ether oxygens (including phenoxy) is 3. The molecule has 0 aromatic carbocycles. The molecule has 0 aliphatic rings. The van der Waals surface area contributed by atoms with Crippen molar-refractivity contribution in [2.45, 2.75) is 32.5 Å². The zero-order valence-electron chi connectivity index (χ0n) is 17.0. The van der Waals surface area contributed by atoms with Crippen LogP contribution in [0.5, 0.6) is 0 Å². The van der Waals surface area contributed by atoms with Crippen molar-refractivity contribution in [1.29, 1.82) is 0 Å². The summed E-state index contributed by atoms with van der Waals surface area (Å²) in [5.41, 5.74) is 0.384. The van der Waals surface area contributed by atoms with Gasteiger partial charge < -0.3 is 29.5 Å². The second kappa shape index (κ2) is 16.7. The van der Waals surface area contributed by atoms with Crippen molar-refractivity contribution in [3.05, 3.63) is 49.1 Å². The van der Waals surface area contributed by atoms with Crippen LogP contribution in [0.15, 0.2) is 49.1 Å². The summed E-state index contributed by atoms with van der Waals surface area (Å²) in [4.78, 5) is 42.5. The van der Waals surface area contributed by atoms with Crippen LogP contribution in [0.3, 0.4) is 0 Å². The van der Waals surface area contributed by atoms with Crippen LogP contribution in [0.25, 0.3) is 0 Å². The van der Waals surface area contributed by atoms with Crippen molar-refractivity contribution in [2.75, 3.05) is 19.8 Å². The maximum absolute atomic E-state index is 10.9. The first-order valence-corrected chi connectivity index (χ1v) is 8.61. The van der Waals surface area contributed by atoms with Crippen molar-refractivity contribution >= 4 is 23.9 Å². The lowest BCUT2D eigenvalue weighted by molar-refractivity contribution is -0.147. The Labute approximate surface area is 174 Å². The smallest absolute Gasteiger partial charge is 0.333 e. The lowest BCUT2D eigenvalue weighted by atomic mass is 10.2. The Bertz CT molecular complexity index is 662. The van der Waals surface area contributed by atoms with Crippen molar-refractivity contribution in [1.82, 2.24) is 0 Å². The first-order chi connectivity index (χ1) is 13.9. The van der Waals surface area contributed by atoms with Gasteiger partial charge in [-0.3, -0.25) is 0 Å². The first-order valence-electron chi connectivity index (χ1n) is 8.61. The van der Waals surface area contributed by atoms with E-state index in [0.29, 0.717) is 0 Å². The summed E-state index contributed by atoms with van der Waals surface area (Å²) in [7, 11) is 0. The van der Waals surface area contributed by atoms with Gasteiger partial charge in [0.15, 0.2) is 0 Å². The minimum atomic E-state index is -1.04. The molecular weight excluding hydrogens is 400 g/mol. The number of carbonyl (C=O) groups excluding carboxylic acids is 3. The largest absolute Gasteiger partial charge is 0.478 e. The van der Waals surface area contributed by atoms with Gasteiger partial charge in [0.05, 0.1) is 6.10 Å². The second-order valence-electron chi connectivity index (χ2n) is 5.78. The fourth-order valence-corrected chi connectivity index (χ4v) is 1.29. The molecular formula is C20H28O10. The van der Waals surface area contributed by atoms with Crippen LogP contribution >= 0.6 is 0 Å². The fourth-order valence-electron chi connectivity index (χ4n) is 1.29. The highest BCUT2D eigenvalue weighted by atomic mass is 16.6. The average molecular weight is 428 g/mol. The van der Waals surface area contributed by atoms with Gasteiger partial charge in [-0.25, -0.2) is 19.2 Å². The number of aliphatic hydroxyl groups is 2.